The molecule has 3 nitrogen and oxygen atoms in total. The lowest BCUT2D eigenvalue weighted by Gasteiger charge is -2.28. The molecular formula is C16H19F3N2O. The van der Waals surface area contributed by atoms with Crippen LogP contribution in [0, 0.1) is 0 Å². The number of carbonyl (C=O) groups is 1. The van der Waals surface area contributed by atoms with Gasteiger partial charge in [-0.25, -0.2) is 0 Å². The van der Waals surface area contributed by atoms with Gasteiger partial charge < -0.3 is 10.2 Å². The number of rotatable bonds is 2. The first-order valence-electron chi connectivity index (χ1n) is 7.63. The van der Waals surface area contributed by atoms with E-state index in [2.05, 4.69) is 5.32 Å². The van der Waals surface area contributed by atoms with Crippen molar-refractivity contribution in [2.75, 3.05) is 13.1 Å². The summed E-state index contributed by atoms with van der Waals surface area (Å²) < 4.78 is 38.2. The molecule has 1 aromatic rings. The zero-order valence-corrected chi connectivity index (χ0v) is 12.2. The standard InChI is InChI=1S/C16H19F3N2O/c17-16(18,19)12-3-1-2-11(8-12)9-15(22)21-13-4-5-14(21)10-20-7-6-13/h1-3,8,13-14,20H,4-7,9-10H2. The van der Waals surface area contributed by atoms with Crippen LogP contribution in [0.25, 0.3) is 0 Å². The Morgan fingerprint density at radius 3 is 2.77 bits per heavy atom. The third kappa shape index (κ3) is 3.11. The number of halogens is 3. The molecule has 0 saturated carbocycles. The third-order valence-corrected chi connectivity index (χ3v) is 4.55. The number of nitrogens with zero attached hydrogens (tertiary/aromatic N) is 1. The fraction of sp³-hybridized carbons (Fsp3) is 0.562. The zero-order valence-electron chi connectivity index (χ0n) is 12.2. The monoisotopic (exact) mass is 312 g/mol. The van der Waals surface area contributed by atoms with Crippen LogP contribution in [0.4, 0.5) is 13.2 Å². The number of fused-ring (bicyclic) bond motifs is 2. The van der Waals surface area contributed by atoms with E-state index in [0.29, 0.717) is 5.56 Å². The van der Waals surface area contributed by atoms with Crippen molar-refractivity contribution >= 4 is 5.91 Å². The maximum absolute atomic E-state index is 12.7. The van der Waals surface area contributed by atoms with Crippen molar-refractivity contribution in [2.45, 2.75) is 43.9 Å². The minimum absolute atomic E-state index is 0.0386. The molecule has 22 heavy (non-hydrogen) atoms. The van der Waals surface area contributed by atoms with E-state index in [1.807, 2.05) is 4.90 Å². The van der Waals surface area contributed by atoms with Crippen LogP contribution in [0.2, 0.25) is 0 Å². The van der Waals surface area contributed by atoms with E-state index in [9.17, 15) is 18.0 Å². The molecule has 0 aliphatic carbocycles. The molecule has 3 rings (SSSR count). The van der Waals surface area contributed by atoms with E-state index in [1.165, 1.54) is 6.07 Å². The summed E-state index contributed by atoms with van der Waals surface area (Å²) in [7, 11) is 0. The summed E-state index contributed by atoms with van der Waals surface area (Å²) in [6, 6.07) is 5.49. The van der Waals surface area contributed by atoms with Gasteiger partial charge in [0.2, 0.25) is 5.91 Å². The molecule has 2 atom stereocenters. The highest BCUT2D eigenvalue weighted by Gasteiger charge is 2.38. The molecule has 0 spiro atoms. The quantitative estimate of drug-likeness (QED) is 0.910. The van der Waals surface area contributed by atoms with Gasteiger partial charge in [0.1, 0.15) is 0 Å². The van der Waals surface area contributed by atoms with Gasteiger partial charge in [-0.2, -0.15) is 13.2 Å². The Balaban J connectivity index is 1.74. The predicted octanol–water partition coefficient (Wildman–Crippen LogP) is 2.60. The number of hydrogen-bond acceptors (Lipinski definition) is 2. The molecular weight excluding hydrogens is 293 g/mol. The van der Waals surface area contributed by atoms with Crippen molar-refractivity contribution in [1.82, 2.24) is 10.2 Å². The van der Waals surface area contributed by atoms with E-state index in [4.69, 9.17) is 0 Å². The first-order valence-corrected chi connectivity index (χ1v) is 7.63. The zero-order chi connectivity index (χ0) is 15.7. The Morgan fingerprint density at radius 2 is 2.00 bits per heavy atom. The molecule has 6 heteroatoms. The molecule has 2 unspecified atom stereocenters. The Labute approximate surface area is 127 Å². The Kier molecular flexibility index (Phi) is 4.12. The second-order valence-electron chi connectivity index (χ2n) is 6.05. The Hall–Kier alpha value is -1.56. The number of benzene rings is 1. The molecule has 2 bridgehead atoms. The van der Waals surface area contributed by atoms with E-state index in [1.54, 1.807) is 6.07 Å². The molecule has 2 heterocycles. The van der Waals surface area contributed by atoms with Crippen LogP contribution in [0.15, 0.2) is 24.3 Å². The lowest BCUT2D eigenvalue weighted by atomic mass is 10.1. The molecule has 0 aromatic heterocycles. The molecule has 0 radical (unpaired) electrons. The number of hydrogen-bond donors (Lipinski definition) is 1. The second-order valence-corrected chi connectivity index (χ2v) is 6.05. The summed E-state index contributed by atoms with van der Waals surface area (Å²) in [4.78, 5) is 14.5. The summed E-state index contributed by atoms with van der Waals surface area (Å²) in [6.45, 7) is 1.68. The highest BCUT2D eigenvalue weighted by molar-refractivity contribution is 5.80. The fourth-order valence-corrected chi connectivity index (χ4v) is 3.51. The van der Waals surface area contributed by atoms with Crippen LogP contribution < -0.4 is 5.32 Å². The van der Waals surface area contributed by atoms with Crippen molar-refractivity contribution in [2.24, 2.45) is 0 Å². The van der Waals surface area contributed by atoms with E-state index in [0.717, 1.165) is 44.5 Å². The lowest BCUT2D eigenvalue weighted by molar-refractivity contribution is -0.138. The highest BCUT2D eigenvalue weighted by atomic mass is 19.4. The molecule has 2 fully saturated rings. The predicted molar refractivity (Wildman–Crippen MR) is 76.3 cm³/mol. The normalized spacial score (nSPS) is 25.1. The second kappa shape index (κ2) is 5.91. The summed E-state index contributed by atoms with van der Waals surface area (Å²) in [5.74, 6) is -0.0597. The van der Waals surface area contributed by atoms with Gasteiger partial charge in [-0.1, -0.05) is 18.2 Å². The average Bonchev–Trinajstić information content (AvgIpc) is 2.71. The van der Waals surface area contributed by atoms with Crippen molar-refractivity contribution in [3.8, 4) is 0 Å². The van der Waals surface area contributed by atoms with Crippen LogP contribution in [-0.2, 0) is 17.4 Å². The van der Waals surface area contributed by atoms with Gasteiger partial charge >= 0.3 is 6.18 Å². The van der Waals surface area contributed by atoms with Crippen LogP contribution in [0.1, 0.15) is 30.4 Å². The first kappa shape index (κ1) is 15.3. The summed E-state index contributed by atoms with van der Waals surface area (Å²) in [5.41, 5.74) is -0.269. The van der Waals surface area contributed by atoms with Crippen molar-refractivity contribution in [3.63, 3.8) is 0 Å². The average molecular weight is 312 g/mol. The molecule has 2 aliphatic heterocycles. The fourth-order valence-electron chi connectivity index (χ4n) is 3.51. The summed E-state index contributed by atoms with van der Waals surface area (Å²) in [5, 5.41) is 3.31. The number of nitrogens with one attached hydrogen (secondary N) is 1. The Bertz CT molecular complexity index is 545. The van der Waals surface area contributed by atoms with E-state index < -0.39 is 11.7 Å². The minimum atomic E-state index is -4.37. The van der Waals surface area contributed by atoms with Crippen LogP contribution >= 0.6 is 0 Å². The molecule has 120 valence electrons. The van der Waals surface area contributed by atoms with Gasteiger partial charge in [-0.15, -0.1) is 0 Å². The van der Waals surface area contributed by atoms with Gasteiger partial charge in [0.15, 0.2) is 0 Å². The van der Waals surface area contributed by atoms with E-state index in [-0.39, 0.29) is 24.4 Å². The molecule has 1 aromatic carbocycles. The van der Waals surface area contributed by atoms with Gasteiger partial charge in [0.05, 0.1) is 12.0 Å². The van der Waals surface area contributed by atoms with Crippen LogP contribution in [-0.4, -0.2) is 36.0 Å². The van der Waals surface area contributed by atoms with Crippen molar-refractivity contribution in [1.29, 1.82) is 0 Å². The van der Waals surface area contributed by atoms with Crippen molar-refractivity contribution in [3.05, 3.63) is 35.4 Å². The highest BCUT2D eigenvalue weighted by Crippen LogP contribution is 2.31. The third-order valence-electron chi connectivity index (χ3n) is 4.55. The number of alkyl halides is 3. The lowest BCUT2D eigenvalue weighted by Crippen LogP contribution is -2.43. The molecule has 2 saturated heterocycles. The summed E-state index contributed by atoms with van der Waals surface area (Å²) >= 11 is 0. The number of amides is 1. The topological polar surface area (TPSA) is 32.3 Å². The summed E-state index contributed by atoms with van der Waals surface area (Å²) in [6.07, 6.45) is -1.43. The van der Waals surface area contributed by atoms with Gasteiger partial charge in [-0.05, 0) is 37.4 Å². The maximum atomic E-state index is 12.7. The van der Waals surface area contributed by atoms with Gasteiger partial charge in [0.25, 0.3) is 0 Å². The van der Waals surface area contributed by atoms with Crippen molar-refractivity contribution < 1.29 is 18.0 Å². The van der Waals surface area contributed by atoms with E-state index >= 15 is 0 Å². The maximum Gasteiger partial charge on any atom is 0.416 e. The van der Waals surface area contributed by atoms with Crippen LogP contribution in [0.5, 0.6) is 0 Å². The van der Waals surface area contributed by atoms with Crippen LogP contribution in [0.3, 0.4) is 0 Å². The minimum Gasteiger partial charge on any atom is -0.335 e. The smallest absolute Gasteiger partial charge is 0.335 e. The molecule has 2 aliphatic rings. The first-order chi connectivity index (χ1) is 10.4. The molecule has 1 amide bonds. The SMILES string of the molecule is O=C(Cc1cccc(C(F)(F)F)c1)N1C2CCNCC1CC2. The molecule has 1 N–H and O–H groups in total. The van der Waals surface area contributed by atoms with Gasteiger partial charge in [0, 0.05) is 18.6 Å². The Morgan fingerprint density at radius 1 is 1.23 bits per heavy atom. The number of carbonyl (C=O) groups excluding carboxylic acids is 1. The van der Waals surface area contributed by atoms with Gasteiger partial charge in [-0.3, -0.25) is 4.79 Å². The largest absolute Gasteiger partial charge is 0.416 e.